The zero-order chi connectivity index (χ0) is 20.4. The van der Waals surface area contributed by atoms with Gasteiger partial charge in [0.05, 0.1) is 19.4 Å². The number of carbonyl (C=O) groups is 2. The van der Waals surface area contributed by atoms with E-state index in [1.54, 1.807) is 31.2 Å². The van der Waals surface area contributed by atoms with Crippen molar-refractivity contribution < 1.29 is 19.1 Å². The van der Waals surface area contributed by atoms with Gasteiger partial charge in [0.15, 0.2) is 11.0 Å². The molecule has 0 spiro atoms. The number of urea groups is 1. The van der Waals surface area contributed by atoms with Gasteiger partial charge in [0.1, 0.15) is 11.3 Å². The molecule has 2 rings (SSSR count). The van der Waals surface area contributed by atoms with Crippen LogP contribution in [0.1, 0.15) is 37.0 Å². The monoisotopic (exact) mass is 404 g/mol. The number of benzene rings is 1. The minimum atomic E-state index is -0.597. The van der Waals surface area contributed by atoms with Gasteiger partial charge >= 0.3 is 12.0 Å². The molecule has 1 heterocycles. The maximum Gasteiger partial charge on any atom is 0.343 e. The molecule has 0 saturated carbocycles. The van der Waals surface area contributed by atoms with E-state index in [4.69, 9.17) is 9.47 Å². The zero-order valence-corrected chi connectivity index (χ0v) is 17.0. The van der Waals surface area contributed by atoms with Crippen molar-refractivity contribution in [3.8, 4) is 5.75 Å². The molecular formula is C19H24N4O4S. The van der Waals surface area contributed by atoms with Crippen LogP contribution in [0.3, 0.4) is 0 Å². The Morgan fingerprint density at radius 2 is 1.96 bits per heavy atom. The minimum absolute atomic E-state index is 0.0943. The molecular weight excluding hydrogens is 380 g/mol. The summed E-state index contributed by atoms with van der Waals surface area (Å²) in [6, 6.07) is 6.45. The van der Waals surface area contributed by atoms with Crippen molar-refractivity contribution in [1.29, 1.82) is 0 Å². The second kappa shape index (κ2) is 11.1. The predicted octanol–water partition coefficient (Wildman–Crippen LogP) is 4.20. The fourth-order valence-corrected chi connectivity index (χ4v) is 3.10. The van der Waals surface area contributed by atoms with Crippen LogP contribution in [-0.2, 0) is 4.74 Å². The lowest BCUT2D eigenvalue weighted by atomic mass is 10.3. The quantitative estimate of drug-likeness (QED) is 0.279. The number of rotatable bonds is 9. The van der Waals surface area contributed by atoms with E-state index in [0.717, 1.165) is 18.6 Å². The van der Waals surface area contributed by atoms with Crippen LogP contribution in [0.25, 0.3) is 0 Å². The summed E-state index contributed by atoms with van der Waals surface area (Å²) >= 11 is 1.46. The molecule has 0 aliphatic carbocycles. The molecule has 9 heteroatoms. The average Bonchev–Trinajstić information content (AvgIpc) is 2.69. The van der Waals surface area contributed by atoms with E-state index in [9.17, 15) is 9.59 Å². The van der Waals surface area contributed by atoms with Gasteiger partial charge in [-0.15, -0.1) is 0 Å². The molecule has 0 bridgehead atoms. The number of ether oxygens (including phenoxy) is 2. The summed E-state index contributed by atoms with van der Waals surface area (Å²) in [5, 5.41) is 5.78. The van der Waals surface area contributed by atoms with Gasteiger partial charge in [-0.1, -0.05) is 37.2 Å². The molecule has 2 N–H and O–H groups in total. The highest BCUT2D eigenvalue weighted by atomic mass is 32.2. The summed E-state index contributed by atoms with van der Waals surface area (Å²) in [5.74, 6) is 0.865. The summed E-state index contributed by atoms with van der Waals surface area (Å²) < 4.78 is 10.2. The Morgan fingerprint density at radius 3 is 2.68 bits per heavy atom. The third-order valence-electron chi connectivity index (χ3n) is 3.58. The molecule has 8 nitrogen and oxygen atoms in total. The number of methoxy groups -OCH3 is 1. The number of nitrogens with one attached hydrogen (secondary N) is 2. The van der Waals surface area contributed by atoms with Crippen molar-refractivity contribution in [3.05, 3.63) is 36.0 Å². The summed E-state index contributed by atoms with van der Waals surface area (Å²) in [6.07, 6.45) is 3.45. The SMILES string of the molecule is CCCCSc1ncc(C(=O)OCC)c(NC(=O)Nc2ccccc2OC)n1. The highest BCUT2D eigenvalue weighted by molar-refractivity contribution is 7.99. The Hall–Kier alpha value is -2.81. The smallest absolute Gasteiger partial charge is 0.343 e. The first kappa shape index (κ1) is 21.5. The van der Waals surface area contributed by atoms with E-state index in [-0.39, 0.29) is 18.0 Å². The molecule has 150 valence electrons. The van der Waals surface area contributed by atoms with E-state index in [2.05, 4.69) is 27.5 Å². The lowest BCUT2D eigenvalue weighted by Crippen LogP contribution is -2.23. The number of esters is 1. The normalized spacial score (nSPS) is 10.2. The van der Waals surface area contributed by atoms with Crippen LogP contribution in [0.15, 0.2) is 35.6 Å². The van der Waals surface area contributed by atoms with E-state index in [0.29, 0.717) is 16.6 Å². The lowest BCUT2D eigenvalue weighted by Gasteiger charge is -2.13. The van der Waals surface area contributed by atoms with Crippen LogP contribution in [-0.4, -0.2) is 41.4 Å². The number of thioether (sulfide) groups is 1. The number of carbonyl (C=O) groups excluding carboxylic acids is 2. The molecule has 0 saturated heterocycles. The number of hydrogen-bond acceptors (Lipinski definition) is 7. The van der Waals surface area contributed by atoms with Crippen LogP contribution in [0.5, 0.6) is 5.75 Å². The standard InChI is InChI=1S/C19H24N4O4S/c1-4-6-11-28-19-20-12-13(17(24)27-5-2)16(23-19)22-18(25)21-14-9-7-8-10-15(14)26-3/h7-10,12H,4-6,11H2,1-3H3,(H2,20,21,22,23,25). The number of aromatic nitrogens is 2. The van der Waals surface area contributed by atoms with Crippen molar-refractivity contribution >= 4 is 35.3 Å². The fraction of sp³-hybridized carbons (Fsp3) is 0.368. The largest absolute Gasteiger partial charge is 0.495 e. The van der Waals surface area contributed by atoms with Crippen molar-refractivity contribution in [1.82, 2.24) is 9.97 Å². The van der Waals surface area contributed by atoms with E-state index < -0.39 is 12.0 Å². The molecule has 0 atom stereocenters. The highest BCUT2D eigenvalue weighted by Crippen LogP contribution is 2.24. The first-order valence-electron chi connectivity index (χ1n) is 8.97. The molecule has 1 aromatic heterocycles. The Kier molecular flexibility index (Phi) is 8.54. The zero-order valence-electron chi connectivity index (χ0n) is 16.2. The first-order valence-corrected chi connectivity index (χ1v) is 9.95. The minimum Gasteiger partial charge on any atom is -0.495 e. The van der Waals surface area contributed by atoms with Crippen LogP contribution < -0.4 is 15.4 Å². The molecule has 28 heavy (non-hydrogen) atoms. The topological polar surface area (TPSA) is 102 Å². The van der Waals surface area contributed by atoms with Gasteiger partial charge < -0.3 is 14.8 Å². The molecule has 0 unspecified atom stereocenters. The number of para-hydroxylation sites is 2. The van der Waals surface area contributed by atoms with Crippen molar-refractivity contribution in [2.45, 2.75) is 31.8 Å². The average molecular weight is 404 g/mol. The summed E-state index contributed by atoms with van der Waals surface area (Å²) in [6.45, 7) is 4.01. The molecule has 2 aromatic rings. The van der Waals surface area contributed by atoms with Crippen molar-refractivity contribution in [2.75, 3.05) is 30.1 Å². The van der Waals surface area contributed by atoms with Gasteiger partial charge in [0.25, 0.3) is 0 Å². The van der Waals surface area contributed by atoms with Crippen LogP contribution in [0.2, 0.25) is 0 Å². The van der Waals surface area contributed by atoms with Gasteiger partial charge in [-0.2, -0.15) is 0 Å². The third kappa shape index (κ3) is 6.12. The second-order valence-electron chi connectivity index (χ2n) is 5.62. The van der Waals surface area contributed by atoms with E-state index in [1.165, 1.54) is 25.1 Å². The summed E-state index contributed by atoms with van der Waals surface area (Å²) in [7, 11) is 1.52. The molecule has 2 amide bonds. The van der Waals surface area contributed by atoms with Gasteiger partial charge in [-0.05, 0) is 25.5 Å². The highest BCUT2D eigenvalue weighted by Gasteiger charge is 2.18. The van der Waals surface area contributed by atoms with E-state index in [1.807, 2.05) is 0 Å². The number of nitrogens with zero attached hydrogens (tertiary/aromatic N) is 2. The van der Waals surface area contributed by atoms with Gasteiger partial charge in [0, 0.05) is 11.9 Å². The van der Waals surface area contributed by atoms with Gasteiger partial charge in [-0.3, -0.25) is 5.32 Å². The Bertz CT molecular complexity index is 816. The maximum atomic E-state index is 12.5. The molecule has 0 aliphatic rings. The third-order valence-corrected chi connectivity index (χ3v) is 4.53. The first-order chi connectivity index (χ1) is 13.6. The maximum absolute atomic E-state index is 12.5. The van der Waals surface area contributed by atoms with E-state index >= 15 is 0 Å². The van der Waals surface area contributed by atoms with Crippen molar-refractivity contribution in [3.63, 3.8) is 0 Å². The second-order valence-corrected chi connectivity index (χ2v) is 6.68. The summed E-state index contributed by atoms with van der Waals surface area (Å²) in [4.78, 5) is 33.1. The number of anilines is 2. The van der Waals surface area contributed by atoms with Crippen molar-refractivity contribution in [2.24, 2.45) is 0 Å². The summed E-state index contributed by atoms with van der Waals surface area (Å²) in [5.41, 5.74) is 0.587. The lowest BCUT2D eigenvalue weighted by molar-refractivity contribution is 0.0526. The van der Waals surface area contributed by atoms with Crippen LogP contribution in [0, 0.1) is 0 Å². The molecule has 1 aromatic carbocycles. The fourth-order valence-electron chi connectivity index (χ4n) is 2.21. The molecule has 0 radical (unpaired) electrons. The Morgan fingerprint density at radius 1 is 1.18 bits per heavy atom. The van der Waals surface area contributed by atoms with Gasteiger partial charge in [0.2, 0.25) is 0 Å². The molecule has 0 fully saturated rings. The van der Waals surface area contributed by atoms with Gasteiger partial charge in [-0.25, -0.2) is 19.6 Å². The Labute approximate surface area is 168 Å². The van der Waals surface area contributed by atoms with Crippen LogP contribution >= 0.6 is 11.8 Å². The Balaban J connectivity index is 2.20. The predicted molar refractivity (Wildman–Crippen MR) is 109 cm³/mol. The molecule has 0 aliphatic heterocycles. The number of hydrogen-bond donors (Lipinski definition) is 2. The number of unbranched alkanes of at least 4 members (excludes halogenated alkanes) is 1. The van der Waals surface area contributed by atoms with Crippen LogP contribution in [0.4, 0.5) is 16.3 Å². The number of amides is 2.